The van der Waals surface area contributed by atoms with Crippen molar-refractivity contribution in [3.63, 3.8) is 0 Å². The highest BCUT2D eigenvalue weighted by Crippen LogP contribution is 2.37. The van der Waals surface area contributed by atoms with Gasteiger partial charge >= 0.3 is 5.97 Å². The van der Waals surface area contributed by atoms with Gasteiger partial charge in [0.2, 0.25) is 18.1 Å². The molecule has 0 spiro atoms. The quantitative estimate of drug-likeness (QED) is 0.248. The lowest BCUT2D eigenvalue weighted by atomic mass is 9.95. The second-order valence-corrected chi connectivity index (χ2v) is 10.4. The van der Waals surface area contributed by atoms with Crippen molar-refractivity contribution in [3.05, 3.63) is 71.8 Å². The van der Waals surface area contributed by atoms with Gasteiger partial charge in [-0.1, -0.05) is 83.3 Å². The van der Waals surface area contributed by atoms with Gasteiger partial charge < -0.3 is 29.0 Å². The number of amides is 1. The molecular weight excluding hydrogens is 535 g/mol. The number of alkyl halides is 3. The molecule has 2 unspecified atom stereocenters. The van der Waals surface area contributed by atoms with Crippen LogP contribution in [0, 0.1) is 5.41 Å². The number of hydrogen-bond donors (Lipinski definition) is 2. The number of esters is 1. The van der Waals surface area contributed by atoms with Crippen molar-refractivity contribution in [2.45, 2.75) is 47.7 Å². The summed E-state index contributed by atoms with van der Waals surface area (Å²) in [5, 5.41) is 10.7. The minimum Gasteiger partial charge on any atom is -0.453 e. The Morgan fingerprint density at radius 2 is 1.64 bits per heavy atom. The van der Waals surface area contributed by atoms with E-state index in [-0.39, 0.29) is 6.61 Å². The van der Waals surface area contributed by atoms with Gasteiger partial charge in [-0.05, 0) is 12.1 Å². The van der Waals surface area contributed by atoms with Gasteiger partial charge in [-0.15, -0.1) is 0 Å². The van der Waals surface area contributed by atoms with E-state index < -0.39 is 58.5 Å². The monoisotopic (exact) mass is 556 g/mol. The first-order valence-electron chi connectivity index (χ1n) is 11.0. The van der Waals surface area contributed by atoms with Crippen molar-refractivity contribution in [2.24, 2.45) is 0 Å². The van der Waals surface area contributed by atoms with Gasteiger partial charge in [-0.3, -0.25) is 10.2 Å². The molecule has 2 aliphatic rings. The van der Waals surface area contributed by atoms with Crippen LogP contribution >= 0.6 is 34.8 Å². The van der Waals surface area contributed by atoms with Gasteiger partial charge in [0.15, 0.2) is 12.4 Å². The maximum Gasteiger partial charge on any atom is 0.338 e. The standard InChI is InChI=1S/C24H23Cl3N2O7/c1-13(30)29-17-19(34-20(31)14-8-4-2-5-9-14)18-16(33-22(17)36-23(28)24(25,26)27)12-32-21(35-18)15-10-6-3-7-11-15/h2-11,16-19,21-22,28H,12H2,1H3,(H,29,30)/t16-,17-,18+,19-,21?,22?/m1/s1. The highest BCUT2D eigenvalue weighted by molar-refractivity contribution is 6.76. The summed E-state index contributed by atoms with van der Waals surface area (Å²) in [7, 11) is 0. The molecule has 4 rings (SSSR count). The number of rotatable bonds is 5. The third-order valence-corrected chi connectivity index (χ3v) is 6.04. The topological polar surface area (TPSA) is 116 Å². The zero-order valence-electron chi connectivity index (χ0n) is 18.9. The average Bonchev–Trinajstić information content (AvgIpc) is 2.86. The van der Waals surface area contributed by atoms with Crippen molar-refractivity contribution in [3.8, 4) is 0 Å². The maximum absolute atomic E-state index is 13.0. The SMILES string of the molecule is CC(=O)N[C@H]1C(OC(=N)C(Cl)(Cl)Cl)O[C@@H]2COC(c3ccccc3)O[C@@H]2[C@@H]1OC(=O)c1ccccc1. The molecule has 2 aromatic rings. The minimum atomic E-state index is -2.19. The average molecular weight is 558 g/mol. The van der Waals surface area contributed by atoms with Crippen LogP contribution in [0.5, 0.6) is 0 Å². The molecule has 2 aromatic carbocycles. The molecule has 2 N–H and O–H groups in total. The Kier molecular flexibility index (Phi) is 8.39. The third-order valence-electron chi connectivity index (χ3n) is 5.52. The van der Waals surface area contributed by atoms with Crippen LogP contribution in [0.2, 0.25) is 0 Å². The smallest absolute Gasteiger partial charge is 0.338 e. The van der Waals surface area contributed by atoms with Crippen LogP contribution < -0.4 is 5.32 Å². The Labute approximate surface area is 222 Å². The predicted molar refractivity (Wildman–Crippen MR) is 131 cm³/mol. The summed E-state index contributed by atoms with van der Waals surface area (Å²) in [6.45, 7) is 1.31. The third kappa shape index (κ3) is 6.29. The molecular formula is C24H23Cl3N2O7. The Morgan fingerprint density at radius 1 is 1.00 bits per heavy atom. The lowest BCUT2D eigenvalue weighted by molar-refractivity contribution is -0.334. The summed E-state index contributed by atoms with van der Waals surface area (Å²) in [5.74, 6) is -1.86. The number of carbonyl (C=O) groups excluding carboxylic acids is 2. The van der Waals surface area contributed by atoms with Crippen molar-refractivity contribution < 1.29 is 33.3 Å². The number of fused-ring (bicyclic) bond motifs is 1. The van der Waals surface area contributed by atoms with Gasteiger partial charge in [0.1, 0.15) is 18.2 Å². The molecule has 0 saturated carbocycles. The van der Waals surface area contributed by atoms with Gasteiger partial charge in [0.05, 0.1) is 12.2 Å². The normalized spacial score (nSPS) is 27.9. The first-order chi connectivity index (χ1) is 17.1. The van der Waals surface area contributed by atoms with E-state index in [0.717, 1.165) is 5.56 Å². The van der Waals surface area contributed by atoms with Crippen molar-refractivity contribution in [1.29, 1.82) is 5.41 Å². The van der Waals surface area contributed by atoms with E-state index in [4.69, 9.17) is 63.9 Å². The fourth-order valence-corrected chi connectivity index (χ4v) is 4.06. The van der Waals surface area contributed by atoms with Crippen molar-refractivity contribution >= 4 is 52.6 Å². The summed E-state index contributed by atoms with van der Waals surface area (Å²) in [6.07, 6.45) is -4.90. The Bertz CT molecular complexity index is 1080. The van der Waals surface area contributed by atoms with E-state index in [1.54, 1.807) is 30.3 Å². The molecule has 0 aromatic heterocycles. The predicted octanol–water partition coefficient (Wildman–Crippen LogP) is 3.92. The number of hydrogen-bond acceptors (Lipinski definition) is 8. The lowest BCUT2D eigenvalue weighted by Crippen LogP contribution is -2.68. The second-order valence-electron chi connectivity index (χ2n) is 8.13. The van der Waals surface area contributed by atoms with Crippen LogP contribution in [0.4, 0.5) is 0 Å². The Morgan fingerprint density at radius 3 is 2.25 bits per heavy atom. The van der Waals surface area contributed by atoms with Gasteiger partial charge in [-0.2, -0.15) is 0 Å². The van der Waals surface area contributed by atoms with E-state index in [0.29, 0.717) is 5.56 Å². The first-order valence-corrected chi connectivity index (χ1v) is 12.1. The first kappa shape index (κ1) is 26.7. The summed E-state index contributed by atoms with van der Waals surface area (Å²) in [6, 6.07) is 16.4. The van der Waals surface area contributed by atoms with Crippen molar-refractivity contribution in [2.75, 3.05) is 6.61 Å². The number of halogens is 3. The van der Waals surface area contributed by atoms with E-state index in [9.17, 15) is 9.59 Å². The highest BCUT2D eigenvalue weighted by Gasteiger charge is 2.54. The van der Waals surface area contributed by atoms with Crippen molar-refractivity contribution in [1.82, 2.24) is 5.32 Å². The molecule has 9 nitrogen and oxygen atoms in total. The number of carbonyl (C=O) groups is 2. The van der Waals surface area contributed by atoms with E-state index in [1.807, 2.05) is 30.3 Å². The highest BCUT2D eigenvalue weighted by atomic mass is 35.6. The fourth-order valence-electron chi connectivity index (χ4n) is 3.93. The lowest BCUT2D eigenvalue weighted by Gasteiger charge is -2.48. The molecule has 192 valence electrons. The van der Waals surface area contributed by atoms with Crippen LogP contribution in [0.1, 0.15) is 29.1 Å². The van der Waals surface area contributed by atoms with Crippen LogP contribution in [-0.2, 0) is 28.5 Å². The molecule has 2 saturated heterocycles. The zero-order valence-corrected chi connectivity index (χ0v) is 21.2. The maximum atomic E-state index is 13.0. The Balaban J connectivity index is 1.67. The molecule has 0 radical (unpaired) electrons. The van der Waals surface area contributed by atoms with E-state index in [1.165, 1.54) is 6.92 Å². The summed E-state index contributed by atoms with van der Waals surface area (Å²) >= 11 is 17.4. The zero-order chi connectivity index (χ0) is 25.9. The molecule has 6 atom stereocenters. The van der Waals surface area contributed by atoms with Gasteiger partial charge in [-0.25, -0.2) is 4.79 Å². The van der Waals surface area contributed by atoms with Crippen LogP contribution in [-0.4, -0.2) is 58.8 Å². The molecule has 36 heavy (non-hydrogen) atoms. The molecule has 2 fully saturated rings. The van der Waals surface area contributed by atoms with Crippen LogP contribution in [0.25, 0.3) is 0 Å². The van der Waals surface area contributed by atoms with Crippen LogP contribution in [0.15, 0.2) is 60.7 Å². The van der Waals surface area contributed by atoms with Gasteiger partial charge in [0.25, 0.3) is 3.79 Å². The Hall–Kier alpha value is -2.40. The molecule has 1 amide bonds. The molecule has 0 aliphatic carbocycles. The second kappa shape index (κ2) is 11.3. The molecule has 2 heterocycles. The fraction of sp³-hybridized carbons (Fsp3) is 0.375. The van der Waals surface area contributed by atoms with Gasteiger partial charge in [0, 0.05) is 12.5 Å². The number of ether oxygens (including phenoxy) is 5. The van der Waals surface area contributed by atoms with E-state index >= 15 is 0 Å². The number of nitrogens with one attached hydrogen (secondary N) is 2. The summed E-state index contributed by atoms with van der Waals surface area (Å²) in [4.78, 5) is 25.2. The largest absolute Gasteiger partial charge is 0.453 e. The molecule has 0 bridgehead atoms. The molecule has 12 heteroatoms. The molecule has 2 aliphatic heterocycles. The number of benzene rings is 2. The summed E-state index contributed by atoms with van der Waals surface area (Å²) in [5.41, 5.74) is 1.04. The van der Waals surface area contributed by atoms with Crippen LogP contribution in [0.3, 0.4) is 0 Å². The summed E-state index contributed by atoms with van der Waals surface area (Å²) < 4.78 is 27.2. The minimum absolute atomic E-state index is 0.0391. The van der Waals surface area contributed by atoms with E-state index in [2.05, 4.69) is 5.32 Å².